The molecular weight excluding hydrogens is 204 g/mol. The molecule has 0 spiro atoms. The molecular formula is C8H16N2O3S. The van der Waals surface area contributed by atoms with Gasteiger partial charge < -0.3 is 0 Å². The predicted octanol–water partition coefficient (Wildman–Crippen LogP) is -0.453. The summed E-state index contributed by atoms with van der Waals surface area (Å²) in [4.78, 5) is 13.4. The first kappa shape index (κ1) is 11.5. The second-order valence-electron chi connectivity index (χ2n) is 3.73. The normalized spacial score (nSPS) is 24.6. The monoisotopic (exact) mass is 220 g/mol. The van der Waals surface area contributed by atoms with Crippen molar-refractivity contribution in [1.29, 1.82) is 0 Å². The Morgan fingerprint density at radius 3 is 2.57 bits per heavy atom. The van der Waals surface area contributed by atoms with Crippen LogP contribution < -0.4 is 4.72 Å². The molecule has 1 aliphatic rings. The van der Waals surface area contributed by atoms with Crippen LogP contribution in [-0.4, -0.2) is 45.1 Å². The molecule has 5 nitrogen and oxygen atoms in total. The molecule has 1 N–H and O–H groups in total. The number of nitrogens with zero attached hydrogens (tertiary/aromatic N) is 1. The molecule has 0 radical (unpaired) electrons. The minimum absolute atomic E-state index is 0.293. The number of hydrogen-bond donors (Lipinski definition) is 1. The predicted molar refractivity (Wildman–Crippen MR) is 53.3 cm³/mol. The maximum Gasteiger partial charge on any atom is 0.250 e. The molecule has 1 unspecified atom stereocenters. The van der Waals surface area contributed by atoms with Gasteiger partial charge in [-0.25, -0.2) is 8.42 Å². The van der Waals surface area contributed by atoms with Crippen molar-refractivity contribution < 1.29 is 13.2 Å². The summed E-state index contributed by atoms with van der Waals surface area (Å²) in [7, 11) is -1.58. The summed E-state index contributed by atoms with van der Waals surface area (Å²) in [5, 5.41) is 0. The summed E-state index contributed by atoms with van der Waals surface area (Å²) in [6, 6.07) is -0.293. The minimum atomic E-state index is -3.42. The van der Waals surface area contributed by atoms with Gasteiger partial charge in [0.05, 0.1) is 12.3 Å². The zero-order valence-corrected chi connectivity index (χ0v) is 9.30. The largest absolute Gasteiger partial charge is 0.295 e. The third-order valence-corrected chi connectivity index (χ3v) is 2.93. The number of carbonyl (C=O) groups excluding carboxylic acids is 1. The van der Waals surface area contributed by atoms with E-state index in [0.29, 0.717) is 0 Å². The maximum atomic E-state index is 11.5. The molecule has 0 aliphatic carbocycles. The average molecular weight is 220 g/mol. The number of nitrogens with one attached hydrogen (secondary N) is 1. The highest BCUT2D eigenvalue weighted by Gasteiger charge is 2.27. The Kier molecular flexibility index (Phi) is 3.49. The van der Waals surface area contributed by atoms with E-state index in [1.807, 2.05) is 16.7 Å². The van der Waals surface area contributed by atoms with Crippen molar-refractivity contribution in [3.63, 3.8) is 0 Å². The van der Waals surface area contributed by atoms with Crippen LogP contribution in [0.2, 0.25) is 0 Å². The summed E-state index contributed by atoms with van der Waals surface area (Å²) < 4.78 is 23.7. The van der Waals surface area contributed by atoms with E-state index in [-0.39, 0.29) is 6.04 Å². The standard InChI is InChI=1S/C8H16N2O3S/c1-10-6-4-3-5-7(10)8(11)9-14(2,12)13/h7H,3-6H2,1-2H3,(H,9,11). The Hall–Kier alpha value is -0.620. The quantitative estimate of drug-likeness (QED) is 0.684. The number of piperidine rings is 1. The molecule has 0 saturated carbocycles. The van der Waals surface area contributed by atoms with Crippen molar-refractivity contribution in [3.05, 3.63) is 0 Å². The highest BCUT2D eigenvalue weighted by atomic mass is 32.2. The van der Waals surface area contributed by atoms with E-state index >= 15 is 0 Å². The van der Waals surface area contributed by atoms with Gasteiger partial charge in [-0.05, 0) is 26.4 Å². The molecule has 0 bridgehead atoms. The number of hydrogen-bond acceptors (Lipinski definition) is 4. The van der Waals surface area contributed by atoms with Gasteiger partial charge in [-0.2, -0.15) is 0 Å². The third kappa shape index (κ3) is 3.26. The first-order valence-electron chi connectivity index (χ1n) is 4.62. The van der Waals surface area contributed by atoms with Gasteiger partial charge in [-0.15, -0.1) is 0 Å². The molecule has 82 valence electrons. The van der Waals surface area contributed by atoms with E-state index < -0.39 is 15.9 Å². The number of carbonyl (C=O) groups is 1. The van der Waals surface area contributed by atoms with E-state index in [4.69, 9.17) is 0 Å². The first-order valence-corrected chi connectivity index (χ1v) is 6.51. The molecule has 1 amide bonds. The number of sulfonamides is 1. The summed E-state index contributed by atoms with van der Waals surface area (Å²) in [5.41, 5.74) is 0. The lowest BCUT2D eigenvalue weighted by Gasteiger charge is -2.30. The van der Waals surface area contributed by atoms with E-state index in [2.05, 4.69) is 0 Å². The number of amides is 1. The molecule has 1 fully saturated rings. The van der Waals surface area contributed by atoms with Crippen molar-refractivity contribution in [2.75, 3.05) is 19.8 Å². The van der Waals surface area contributed by atoms with Crippen LogP contribution in [0.1, 0.15) is 19.3 Å². The molecule has 0 aromatic carbocycles. The van der Waals surface area contributed by atoms with Crippen molar-refractivity contribution in [2.24, 2.45) is 0 Å². The second-order valence-corrected chi connectivity index (χ2v) is 5.48. The van der Waals surface area contributed by atoms with Gasteiger partial charge in [-0.1, -0.05) is 6.42 Å². The van der Waals surface area contributed by atoms with Gasteiger partial charge in [0.25, 0.3) is 5.91 Å². The second kappa shape index (κ2) is 4.27. The zero-order valence-electron chi connectivity index (χ0n) is 8.49. The lowest BCUT2D eigenvalue weighted by molar-refractivity contribution is -0.125. The van der Waals surface area contributed by atoms with Crippen molar-refractivity contribution in [2.45, 2.75) is 25.3 Å². The first-order chi connectivity index (χ1) is 6.40. The zero-order chi connectivity index (χ0) is 10.8. The van der Waals surface area contributed by atoms with E-state index in [9.17, 15) is 13.2 Å². The summed E-state index contributed by atoms with van der Waals surface area (Å²) in [5.74, 6) is -0.408. The fourth-order valence-corrected chi connectivity index (χ4v) is 2.16. The molecule has 1 rings (SSSR count). The molecule has 0 aromatic heterocycles. The van der Waals surface area contributed by atoms with Crippen molar-refractivity contribution in [1.82, 2.24) is 9.62 Å². The van der Waals surface area contributed by atoms with Crippen LogP contribution in [0.5, 0.6) is 0 Å². The van der Waals surface area contributed by atoms with Gasteiger partial charge in [0.2, 0.25) is 10.0 Å². The number of likely N-dealkylation sites (N-methyl/N-ethyl adjacent to an activating group) is 1. The molecule has 6 heteroatoms. The summed E-state index contributed by atoms with van der Waals surface area (Å²) >= 11 is 0. The summed E-state index contributed by atoms with van der Waals surface area (Å²) in [6.45, 7) is 0.849. The van der Waals surface area contributed by atoms with Crippen LogP contribution in [0, 0.1) is 0 Å². The molecule has 1 aliphatic heterocycles. The Morgan fingerprint density at radius 2 is 2.07 bits per heavy atom. The van der Waals surface area contributed by atoms with Gasteiger partial charge in [0.1, 0.15) is 0 Å². The van der Waals surface area contributed by atoms with Crippen LogP contribution >= 0.6 is 0 Å². The van der Waals surface area contributed by atoms with Crippen molar-refractivity contribution in [3.8, 4) is 0 Å². The Morgan fingerprint density at radius 1 is 1.43 bits per heavy atom. The molecule has 1 atom stereocenters. The lowest BCUT2D eigenvalue weighted by atomic mass is 10.0. The fourth-order valence-electron chi connectivity index (χ4n) is 1.66. The van der Waals surface area contributed by atoms with Crippen molar-refractivity contribution >= 4 is 15.9 Å². The highest BCUT2D eigenvalue weighted by molar-refractivity contribution is 7.89. The van der Waals surface area contributed by atoms with Crippen LogP contribution in [0.3, 0.4) is 0 Å². The van der Waals surface area contributed by atoms with Gasteiger partial charge in [0, 0.05) is 0 Å². The highest BCUT2D eigenvalue weighted by Crippen LogP contribution is 2.14. The van der Waals surface area contributed by atoms with Gasteiger partial charge >= 0.3 is 0 Å². The van der Waals surface area contributed by atoms with Gasteiger partial charge in [0.15, 0.2) is 0 Å². The Balaban J connectivity index is 2.59. The Bertz CT molecular complexity index is 313. The van der Waals surface area contributed by atoms with Crippen LogP contribution in [0.4, 0.5) is 0 Å². The smallest absolute Gasteiger partial charge is 0.250 e. The number of likely N-dealkylation sites (tertiary alicyclic amines) is 1. The molecule has 0 aromatic rings. The Labute approximate surface area is 84.5 Å². The molecule has 14 heavy (non-hydrogen) atoms. The van der Waals surface area contributed by atoms with Crippen LogP contribution in [0.15, 0.2) is 0 Å². The third-order valence-electron chi connectivity index (χ3n) is 2.36. The minimum Gasteiger partial charge on any atom is -0.295 e. The molecule has 1 heterocycles. The SMILES string of the molecule is CN1CCCCC1C(=O)NS(C)(=O)=O. The van der Waals surface area contributed by atoms with E-state index in [1.54, 1.807) is 0 Å². The lowest BCUT2D eigenvalue weighted by Crippen LogP contribution is -2.48. The van der Waals surface area contributed by atoms with E-state index in [0.717, 1.165) is 32.1 Å². The van der Waals surface area contributed by atoms with E-state index in [1.165, 1.54) is 0 Å². The topological polar surface area (TPSA) is 66.5 Å². The summed E-state index contributed by atoms with van der Waals surface area (Å²) in [6.07, 6.45) is 3.77. The maximum absolute atomic E-state index is 11.5. The van der Waals surface area contributed by atoms with Crippen LogP contribution in [-0.2, 0) is 14.8 Å². The average Bonchev–Trinajstić information content (AvgIpc) is 2.01. The fraction of sp³-hybridized carbons (Fsp3) is 0.875. The molecule has 1 saturated heterocycles. The van der Waals surface area contributed by atoms with Gasteiger partial charge in [-0.3, -0.25) is 14.4 Å². The number of rotatable bonds is 2. The van der Waals surface area contributed by atoms with Crippen LogP contribution in [0.25, 0.3) is 0 Å².